The van der Waals surface area contributed by atoms with Crippen LogP contribution in [0.5, 0.6) is 0 Å². The molecule has 1 fully saturated rings. The summed E-state index contributed by atoms with van der Waals surface area (Å²) in [7, 11) is 0. The Bertz CT molecular complexity index is 272. The lowest BCUT2D eigenvalue weighted by atomic mass is 10.1. The average molecular weight is 226 g/mol. The number of nitrogens with two attached hydrogens (primary N) is 1. The first kappa shape index (κ1) is 12.7. The molecule has 1 rings (SSSR count). The first-order valence-electron chi connectivity index (χ1n) is 5.47. The van der Waals surface area contributed by atoms with Gasteiger partial charge in [0.05, 0.1) is 0 Å². The molecule has 0 radical (unpaired) electrons. The molecule has 0 unspecified atom stereocenters. The normalized spacial score (nSPS) is 21.4. The molecule has 1 aliphatic heterocycles. The van der Waals surface area contributed by atoms with E-state index in [1.54, 1.807) is 6.08 Å². The van der Waals surface area contributed by atoms with Crippen molar-refractivity contribution in [3.8, 4) is 0 Å². The Labute approximate surface area is 95.0 Å². The Kier molecular flexibility index (Phi) is 4.98. The molecule has 0 aromatic rings. The fraction of sp³-hybridized carbons (Fsp3) is 0.636. The number of primary amides is 1. The van der Waals surface area contributed by atoms with Gasteiger partial charge in [-0.2, -0.15) is 0 Å². The maximum atomic E-state index is 11.7. The van der Waals surface area contributed by atoms with Crippen LogP contribution in [0.3, 0.4) is 0 Å². The summed E-state index contributed by atoms with van der Waals surface area (Å²) in [5, 5.41) is 2.61. The van der Waals surface area contributed by atoms with Gasteiger partial charge in [0.25, 0.3) is 0 Å². The minimum absolute atomic E-state index is 0.245. The zero-order valence-electron chi connectivity index (χ0n) is 9.28. The molecule has 5 nitrogen and oxygen atoms in total. The average Bonchev–Trinajstić information content (AvgIpc) is 2.76. The fourth-order valence-electron chi connectivity index (χ4n) is 1.62. The maximum Gasteiger partial charge on any atom is 0.249 e. The van der Waals surface area contributed by atoms with E-state index < -0.39 is 18.1 Å². The molecule has 90 valence electrons. The number of ether oxygens (including phenoxy) is 1. The third kappa shape index (κ3) is 3.66. The molecule has 1 aliphatic rings. The number of nitrogens with one attached hydrogen (secondary N) is 1. The summed E-state index contributed by atoms with van der Waals surface area (Å²) < 4.78 is 5.22. The summed E-state index contributed by atoms with van der Waals surface area (Å²) in [6.45, 7) is 4.16. The predicted octanol–water partition coefficient (Wildman–Crippen LogP) is 0.102. The predicted molar refractivity (Wildman–Crippen MR) is 59.5 cm³/mol. The Balaban J connectivity index is 2.43. The minimum Gasteiger partial charge on any atom is -0.368 e. The van der Waals surface area contributed by atoms with Gasteiger partial charge in [-0.05, 0) is 25.7 Å². The van der Waals surface area contributed by atoms with Gasteiger partial charge in [-0.25, -0.2) is 0 Å². The van der Waals surface area contributed by atoms with E-state index in [-0.39, 0.29) is 5.91 Å². The van der Waals surface area contributed by atoms with E-state index in [0.29, 0.717) is 25.9 Å². The lowest BCUT2D eigenvalue weighted by Gasteiger charge is -2.17. The number of rotatable bonds is 6. The molecule has 1 saturated heterocycles. The summed E-state index contributed by atoms with van der Waals surface area (Å²) in [6, 6.07) is -0.630. The first-order chi connectivity index (χ1) is 7.65. The summed E-state index contributed by atoms with van der Waals surface area (Å²) in [5.74, 6) is -0.765. The second kappa shape index (κ2) is 6.27. The van der Waals surface area contributed by atoms with Crippen molar-refractivity contribution in [1.29, 1.82) is 0 Å². The third-order valence-electron chi connectivity index (χ3n) is 2.54. The summed E-state index contributed by atoms with van der Waals surface area (Å²) in [5.41, 5.74) is 5.20. The van der Waals surface area contributed by atoms with Crippen molar-refractivity contribution >= 4 is 11.8 Å². The third-order valence-corrected chi connectivity index (χ3v) is 2.54. The van der Waals surface area contributed by atoms with Crippen molar-refractivity contribution in [3.05, 3.63) is 12.7 Å². The quantitative estimate of drug-likeness (QED) is 0.630. The summed E-state index contributed by atoms with van der Waals surface area (Å²) in [6.07, 6.45) is 3.97. The smallest absolute Gasteiger partial charge is 0.249 e. The molecule has 5 heteroatoms. The molecule has 0 aliphatic carbocycles. The Morgan fingerprint density at radius 3 is 2.88 bits per heavy atom. The highest BCUT2D eigenvalue weighted by Gasteiger charge is 2.26. The molecule has 2 atom stereocenters. The highest BCUT2D eigenvalue weighted by Crippen LogP contribution is 2.12. The molecular formula is C11H18N2O3. The van der Waals surface area contributed by atoms with E-state index in [1.165, 1.54) is 0 Å². The topological polar surface area (TPSA) is 81.4 Å². The molecule has 0 spiro atoms. The molecule has 2 amide bonds. The van der Waals surface area contributed by atoms with Crippen LogP contribution in [0.15, 0.2) is 12.7 Å². The van der Waals surface area contributed by atoms with Crippen molar-refractivity contribution in [1.82, 2.24) is 5.32 Å². The van der Waals surface area contributed by atoms with Crippen LogP contribution < -0.4 is 11.1 Å². The van der Waals surface area contributed by atoms with Gasteiger partial charge in [-0.3, -0.25) is 9.59 Å². The molecule has 0 aromatic heterocycles. The number of carbonyl (C=O) groups excluding carboxylic acids is 2. The maximum absolute atomic E-state index is 11.7. The number of carbonyl (C=O) groups is 2. The van der Waals surface area contributed by atoms with E-state index in [2.05, 4.69) is 11.9 Å². The Morgan fingerprint density at radius 1 is 1.62 bits per heavy atom. The van der Waals surface area contributed by atoms with Crippen molar-refractivity contribution in [2.24, 2.45) is 5.73 Å². The van der Waals surface area contributed by atoms with Crippen molar-refractivity contribution in [2.75, 3.05) is 6.61 Å². The van der Waals surface area contributed by atoms with Crippen molar-refractivity contribution in [3.63, 3.8) is 0 Å². The zero-order valence-corrected chi connectivity index (χ0v) is 9.28. The molecule has 3 N–H and O–H groups in total. The molecule has 16 heavy (non-hydrogen) atoms. The first-order valence-corrected chi connectivity index (χ1v) is 5.47. The molecular weight excluding hydrogens is 208 g/mol. The minimum atomic E-state index is -0.630. The van der Waals surface area contributed by atoms with Gasteiger partial charge in [0, 0.05) is 6.61 Å². The van der Waals surface area contributed by atoms with E-state index in [1.807, 2.05) is 0 Å². The highest BCUT2D eigenvalue weighted by atomic mass is 16.5. The highest BCUT2D eigenvalue weighted by molar-refractivity contribution is 5.88. The van der Waals surface area contributed by atoms with Gasteiger partial charge in [-0.1, -0.05) is 6.08 Å². The summed E-state index contributed by atoms with van der Waals surface area (Å²) in [4.78, 5) is 22.7. The second-order valence-corrected chi connectivity index (χ2v) is 3.83. The van der Waals surface area contributed by atoms with Crippen LogP contribution in [0, 0.1) is 0 Å². The Hall–Kier alpha value is -1.36. The molecule has 0 bridgehead atoms. The van der Waals surface area contributed by atoms with Crippen LogP contribution in [0.25, 0.3) is 0 Å². The van der Waals surface area contributed by atoms with Crippen LogP contribution in [0.4, 0.5) is 0 Å². The fourth-order valence-corrected chi connectivity index (χ4v) is 1.62. The van der Waals surface area contributed by atoms with E-state index in [0.717, 1.165) is 6.42 Å². The van der Waals surface area contributed by atoms with Gasteiger partial charge >= 0.3 is 0 Å². The van der Waals surface area contributed by atoms with Crippen LogP contribution in [0.2, 0.25) is 0 Å². The van der Waals surface area contributed by atoms with Gasteiger partial charge in [-0.15, -0.1) is 6.58 Å². The lowest BCUT2D eigenvalue weighted by molar-refractivity contribution is -0.133. The van der Waals surface area contributed by atoms with Gasteiger partial charge < -0.3 is 15.8 Å². The van der Waals surface area contributed by atoms with E-state index in [9.17, 15) is 9.59 Å². The van der Waals surface area contributed by atoms with E-state index in [4.69, 9.17) is 10.5 Å². The zero-order chi connectivity index (χ0) is 12.0. The van der Waals surface area contributed by atoms with Gasteiger partial charge in [0.1, 0.15) is 12.1 Å². The van der Waals surface area contributed by atoms with Crippen molar-refractivity contribution < 1.29 is 14.3 Å². The SMILES string of the molecule is C=CCC[C@H](NC(=O)[C@@H]1CCCO1)C(N)=O. The standard InChI is InChI=1S/C11H18N2O3/c1-2-3-5-8(10(12)14)13-11(15)9-6-4-7-16-9/h2,8-9H,1,3-7H2,(H2,12,14)(H,13,15)/t8-,9-/m0/s1. The second-order valence-electron chi connectivity index (χ2n) is 3.83. The van der Waals surface area contributed by atoms with E-state index >= 15 is 0 Å². The van der Waals surface area contributed by atoms with Crippen LogP contribution in [-0.2, 0) is 14.3 Å². The number of hydrogen-bond acceptors (Lipinski definition) is 3. The molecule has 0 saturated carbocycles. The monoisotopic (exact) mass is 226 g/mol. The van der Waals surface area contributed by atoms with Crippen LogP contribution in [-0.4, -0.2) is 30.6 Å². The number of hydrogen-bond donors (Lipinski definition) is 2. The van der Waals surface area contributed by atoms with Crippen LogP contribution in [0.1, 0.15) is 25.7 Å². The van der Waals surface area contributed by atoms with Gasteiger partial charge in [0.15, 0.2) is 0 Å². The van der Waals surface area contributed by atoms with Crippen LogP contribution >= 0.6 is 0 Å². The molecule has 0 aromatic carbocycles. The lowest BCUT2D eigenvalue weighted by Crippen LogP contribution is -2.47. The number of allylic oxidation sites excluding steroid dienone is 1. The van der Waals surface area contributed by atoms with Gasteiger partial charge in [0.2, 0.25) is 11.8 Å². The van der Waals surface area contributed by atoms with Crippen molar-refractivity contribution in [2.45, 2.75) is 37.8 Å². The Morgan fingerprint density at radius 2 is 2.38 bits per heavy atom. The number of amides is 2. The largest absolute Gasteiger partial charge is 0.368 e. The summed E-state index contributed by atoms with van der Waals surface area (Å²) >= 11 is 0. The molecule has 1 heterocycles.